The van der Waals surface area contributed by atoms with Crippen molar-refractivity contribution < 1.29 is 24.2 Å². The number of allylic oxidation sites excluding steroid dienone is 1. The molecule has 0 saturated carbocycles. The molecule has 1 heterocycles. The zero-order valence-corrected chi connectivity index (χ0v) is 15.0. The van der Waals surface area contributed by atoms with Gasteiger partial charge < -0.3 is 19.6 Å². The molecule has 2 N–H and O–H groups in total. The number of H-pyrrole nitrogens is 1. The second kappa shape index (κ2) is 8.20. The van der Waals surface area contributed by atoms with Crippen LogP contribution in [-0.2, 0) is 0 Å². The number of carboxylic acid groups (broad SMARTS) is 1. The quantitative estimate of drug-likeness (QED) is 0.427. The van der Waals surface area contributed by atoms with Gasteiger partial charge in [0.1, 0.15) is 12.3 Å². The van der Waals surface area contributed by atoms with E-state index in [2.05, 4.69) is 11.6 Å². The molecular formula is C20H21NO5. The fraction of sp³-hybridized carbons (Fsp3) is 0.200. The first-order valence-corrected chi connectivity index (χ1v) is 7.95. The summed E-state index contributed by atoms with van der Waals surface area (Å²) in [5.41, 5.74) is 2.11. The van der Waals surface area contributed by atoms with Gasteiger partial charge in [-0.3, -0.25) is 4.79 Å². The van der Waals surface area contributed by atoms with Gasteiger partial charge in [-0.05, 0) is 43.2 Å². The number of hydrogen-bond acceptors (Lipinski definition) is 4. The maximum atomic E-state index is 12.5. The molecule has 6 nitrogen and oxygen atoms in total. The van der Waals surface area contributed by atoms with Crippen LogP contribution in [-0.4, -0.2) is 35.6 Å². The molecule has 0 unspecified atom stereocenters. The Labute approximate surface area is 151 Å². The van der Waals surface area contributed by atoms with E-state index in [1.807, 2.05) is 0 Å². The van der Waals surface area contributed by atoms with E-state index in [1.54, 1.807) is 44.2 Å². The molecule has 0 aliphatic rings. The summed E-state index contributed by atoms with van der Waals surface area (Å²) in [6.07, 6.45) is 4.70. The van der Waals surface area contributed by atoms with Gasteiger partial charge in [-0.15, -0.1) is 0 Å². The van der Waals surface area contributed by atoms with Gasteiger partial charge in [-0.25, -0.2) is 4.79 Å². The highest BCUT2D eigenvalue weighted by molar-refractivity contribution is 6.10. The van der Waals surface area contributed by atoms with Gasteiger partial charge in [0.05, 0.1) is 7.11 Å². The van der Waals surface area contributed by atoms with Crippen LogP contribution in [0.4, 0.5) is 0 Å². The summed E-state index contributed by atoms with van der Waals surface area (Å²) in [4.78, 5) is 26.4. The smallest absolute Gasteiger partial charge is 0.352 e. The number of ketones is 1. The molecule has 6 heteroatoms. The molecule has 0 aliphatic carbocycles. The Morgan fingerprint density at radius 3 is 2.58 bits per heavy atom. The van der Waals surface area contributed by atoms with Crippen molar-refractivity contribution >= 4 is 17.8 Å². The van der Waals surface area contributed by atoms with Crippen LogP contribution < -0.4 is 9.47 Å². The zero-order chi connectivity index (χ0) is 19.3. The number of aromatic nitrogens is 1. The molecule has 1 aromatic heterocycles. The first kappa shape index (κ1) is 19.1. The molecule has 2 aromatic rings. The van der Waals surface area contributed by atoms with E-state index < -0.39 is 5.97 Å². The van der Waals surface area contributed by atoms with Crippen LogP contribution in [0.1, 0.15) is 37.7 Å². The molecule has 0 radical (unpaired) electrons. The lowest BCUT2D eigenvalue weighted by molar-refractivity contribution is 0.0690. The van der Waals surface area contributed by atoms with E-state index in [9.17, 15) is 9.59 Å². The predicted octanol–water partition coefficient (Wildman–Crippen LogP) is 3.80. The fourth-order valence-corrected chi connectivity index (χ4v) is 2.64. The Bertz CT molecular complexity index is 877. The predicted molar refractivity (Wildman–Crippen MR) is 99.3 cm³/mol. The number of aromatic amines is 1. The molecule has 136 valence electrons. The summed E-state index contributed by atoms with van der Waals surface area (Å²) in [6, 6.07) is 5.30. The third-order valence-electron chi connectivity index (χ3n) is 3.87. The van der Waals surface area contributed by atoms with E-state index in [4.69, 9.17) is 14.6 Å². The Kier molecular flexibility index (Phi) is 6.01. The molecule has 0 fully saturated rings. The minimum Gasteiger partial charge on any atom is -0.493 e. The van der Waals surface area contributed by atoms with Crippen LogP contribution in [0.15, 0.2) is 36.9 Å². The maximum absolute atomic E-state index is 12.5. The van der Waals surface area contributed by atoms with Crippen molar-refractivity contribution in [2.75, 3.05) is 13.7 Å². The fourth-order valence-electron chi connectivity index (χ4n) is 2.64. The second-order valence-electron chi connectivity index (χ2n) is 5.64. The van der Waals surface area contributed by atoms with E-state index in [-0.39, 0.29) is 11.5 Å². The zero-order valence-electron chi connectivity index (χ0n) is 15.0. The van der Waals surface area contributed by atoms with Crippen LogP contribution >= 0.6 is 0 Å². The Balaban J connectivity index is 2.26. The molecule has 2 rings (SSSR count). The molecule has 0 aliphatic heterocycles. The van der Waals surface area contributed by atoms with Gasteiger partial charge in [0, 0.05) is 11.3 Å². The number of aryl methyl sites for hydroxylation is 1. The van der Waals surface area contributed by atoms with Crippen LogP contribution in [0.5, 0.6) is 11.5 Å². The summed E-state index contributed by atoms with van der Waals surface area (Å²) < 4.78 is 10.8. The summed E-state index contributed by atoms with van der Waals surface area (Å²) in [5, 5.41) is 9.15. The number of methoxy groups -OCH3 is 1. The minimum absolute atomic E-state index is 0.0321. The van der Waals surface area contributed by atoms with Gasteiger partial charge in [0.2, 0.25) is 0 Å². The lowest BCUT2D eigenvalue weighted by atomic mass is 10.0. The van der Waals surface area contributed by atoms with Gasteiger partial charge in [-0.1, -0.05) is 24.8 Å². The van der Waals surface area contributed by atoms with Crippen molar-refractivity contribution in [2.45, 2.75) is 13.8 Å². The first-order valence-electron chi connectivity index (χ1n) is 7.95. The minimum atomic E-state index is -1.09. The van der Waals surface area contributed by atoms with Crippen LogP contribution in [0, 0.1) is 13.8 Å². The molecular weight excluding hydrogens is 334 g/mol. The number of ether oxygens (including phenoxy) is 2. The number of nitrogens with one attached hydrogen (secondary N) is 1. The van der Waals surface area contributed by atoms with E-state index in [0.29, 0.717) is 34.9 Å². The van der Waals surface area contributed by atoms with Gasteiger partial charge in [0.15, 0.2) is 17.3 Å². The molecule has 0 bridgehead atoms. The Morgan fingerprint density at radius 1 is 1.27 bits per heavy atom. The number of benzene rings is 1. The van der Waals surface area contributed by atoms with Crippen LogP contribution in [0.3, 0.4) is 0 Å². The highest BCUT2D eigenvalue weighted by Crippen LogP contribution is 2.28. The first-order chi connectivity index (χ1) is 12.4. The number of rotatable bonds is 8. The average Bonchev–Trinajstić information content (AvgIpc) is 2.92. The van der Waals surface area contributed by atoms with E-state index in [1.165, 1.54) is 13.2 Å². The van der Waals surface area contributed by atoms with Gasteiger partial charge in [-0.2, -0.15) is 0 Å². The average molecular weight is 355 g/mol. The summed E-state index contributed by atoms with van der Waals surface area (Å²) in [7, 11) is 1.54. The third kappa shape index (κ3) is 4.03. The van der Waals surface area contributed by atoms with Crippen molar-refractivity contribution in [1.82, 2.24) is 4.98 Å². The Morgan fingerprint density at radius 2 is 2.00 bits per heavy atom. The van der Waals surface area contributed by atoms with Crippen molar-refractivity contribution in [3.63, 3.8) is 0 Å². The highest BCUT2D eigenvalue weighted by Gasteiger charge is 2.20. The molecule has 26 heavy (non-hydrogen) atoms. The van der Waals surface area contributed by atoms with Crippen LogP contribution in [0.25, 0.3) is 6.08 Å². The number of aromatic carboxylic acids is 1. The van der Waals surface area contributed by atoms with Crippen molar-refractivity contribution in [3.05, 3.63) is 65.0 Å². The number of carbonyl (C=O) groups excluding carboxylic acids is 1. The molecule has 0 spiro atoms. The van der Waals surface area contributed by atoms with Crippen LogP contribution in [0.2, 0.25) is 0 Å². The topological polar surface area (TPSA) is 88.6 Å². The maximum Gasteiger partial charge on any atom is 0.352 e. The standard InChI is InChI=1S/C20H21NO5/c1-5-10-26-16-9-7-14(11-17(16)25-4)6-8-15(22)18-12(2)19(20(23)24)21-13(18)3/h5-9,11,21H,1,10H2,2-4H3,(H,23,24)/b8-6+. The highest BCUT2D eigenvalue weighted by atomic mass is 16.5. The summed E-state index contributed by atoms with van der Waals surface area (Å²) in [6.45, 7) is 7.25. The Hall–Kier alpha value is -3.28. The number of carbonyl (C=O) groups is 2. The SMILES string of the molecule is C=CCOc1ccc(/C=C/C(=O)c2c(C)[nH]c(C(=O)O)c2C)cc1OC. The van der Waals surface area contributed by atoms with Crippen molar-refractivity contribution in [1.29, 1.82) is 0 Å². The molecule has 0 amide bonds. The van der Waals surface area contributed by atoms with Crippen molar-refractivity contribution in [3.8, 4) is 11.5 Å². The monoisotopic (exact) mass is 355 g/mol. The summed E-state index contributed by atoms with van der Waals surface area (Å²) in [5.74, 6) is -0.230. The second-order valence-corrected chi connectivity index (χ2v) is 5.64. The van der Waals surface area contributed by atoms with E-state index in [0.717, 1.165) is 5.56 Å². The molecule has 0 saturated heterocycles. The van der Waals surface area contributed by atoms with Gasteiger partial charge in [0.25, 0.3) is 0 Å². The lowest BCUT2D eigenvalue weighted by Gasteiger charge is -2.09. The third-order valence-corrected chi connectivity index (χ3v) is 3.87. The molecule has 0 atom stereocenters. The summed E-state index contributed by atoms with van der Waals surface area (Å²) >= 11 is 0. The number of hydrogen-bond donors (Lipinski definition) is 2. The largest absolute Gasteiger partial charge is 0.493 e. The van der Waals surface area contributed by atoms with Gasteiger partial charge >= 0.3 is 5.97 Å². The number of carboxylic acids is 1. The molecule has 1 aromatic carbocycles. The van der Waals surface area contributed by atoms with E-state index >= 15 is 0 Å². The normalized spacial score (nSPS) is 10.7. The van der Waals surface area contributed by atoms with Crippen molar-refractivity contribution in [2.24, 2.45) is 0 Å². The lowest BCUT2D eigenvalue weighted by Crippen LogP contribution is -2.01.